The zero-order valence-corrected chi connectivity index (χ0v) is 14.0. The highest BCUT2D eigenvalue weighted by Crippen LogP contribution is 2.25. The summed E-state index contributed by atoms with van der Waals surface area (Å²) in [5.41, 5.74) is 0.942. The lowest BCUT2D eigenvalue weighted by molar-refractivity contribution is -0.000398. The van der Waals surface area contributed by atoms with Gasteiger partial charge in [0.15, 0.2) is 0 Å². The maximum Gasteiger partial charge on any atom is 0.357 e. The summed E-state index contributed by atoms with van der Waals surface area (Å²) in [6, 6.07) is 10.0. The van der Waals surface area contributed by atoms with Gasteiger partial charge in [-0.2, -0.15) is 0 Å². The van der Waals surface area contributed by atoms with Crippen LogP contribution in [0.15, 0.2) is 55.5 Å². The molecule has 0 radical (unpaired) electrons. The van der Waals surface area contributed by atoms with Crippen molar-refractivity contribution in [2.75, 3.05) is 0 Å². The van der Waals surface area contributed by atoms with E-state index in [0.29, 0.717) is 18.5 Å². The Morgan fingerprint density at radius 3 is 2.57 bits per heavy atom. The second-order valence-electron chi connectivity index (χ2n) is 5.64. The van der Waals surface area contributed by atoms with E-state index in [0.717, 1.165) is 5.56 Å². The average Bonchev–Trinajstić information content (AvgIpc) is 3.09. The second kappa shape index (κ2) is 7.27. The molecule has 0 aliphatic heterocycles. The van der Waals surface area contributed by atoms with Gasteiger partial charge in [-0.1, -0.05) is 50.8 Å². The van der Waals surface area contributed by atoms with E-state index in [9.17, 15) is 4.79 Å². The van der Waals surface area contributed by atoms with E-state index in [4.69, 9.17) is 4.74 Å². The summed E-state index contributed by atoms with van der Waals surface area (Å²) in [4.78, 5) is 16.8. The number of imidazole rings is 1. The average molecular weight is 312 g/mol. The topological polar surface area (TPSA) is 44.1 Å². The van der Waals surface area contributed by atoms with Crippen LogP contribution in [-0.2, 0) is 4.74 Å². The Morgan fingerprint density at radius 2 is 2.00 bits per heavy atom. The molecule has 0 fully saturated rings. The molecule has 0 aliphatic rings. The Labute approximate surface area is 137 Å². The zero-order chi connectivity index (χ0) is 16.9. The van der Waals surface area contributed by atoms with Gasteiger partial charge in [0.2, 0.25) is 0 Å². The molecular formula is C19H24N2O2. The van der Waals surface area contributed by atoms with Crippen molar-refractivity contribution < 1.29 is 9.53 Å². The van der Waals surface area contributed by atoms with Crippen LogP contribution in [0.2, 0.25) is 0 Å². The molecule has 2 aromatic rings. The Bertz CT molecular complexity index is 657. The monoisotopic (exact) mass is 312 g/mol. The molecule has 0 aliphatic carbocycles. The van der Waals surface area contributed by atoms with Gasteiger partial charge < -0.3 is 9.30 Å². The van der Waals surface area contributed by atoms with Crippen molar-refractivity contribution in [2.24, 2.45) is 0 Å². The molecule has 0 unspecified atom stereocenters. The lowest BCUT2D eigenvalue weighted by Gasteiger charge is -2.28. The van der Waals surface area contributed by atoms with Crippen molar-refractivity contribution in [1.29, 1.82) is 0 Å². The highest BCUT2D eigenvalue weighted by molar-refractivity contribution is 5.87. The van der Waals surface area contributed by atoms with Crippen LogP contribution in [0, 0.1) is 0 Å². The van der Waals surface area contributed by atoms with E-state index >= 15 is 0 Å². The van der Waals surface area contributed by atoms with E-state index in [-0.39, 0.29) is 12.0 Å². The van der Waals surface area contributed by atoms with Gasteiger partial charge >= 0.3 is 5.97 Å². The molecule has 0 saturated carbocycles. The van der Waals surface area contributed by atoms with Crippen molar-refractivity contribution in [1.82, 2.24) is 9.55 Å². The predicted octanol–water partition coefficient (Wildman–Crippen LogP) is 4.39. The Morgan fingerprint density at radius 1 is 1.35 bits per heavy atom. The summed E-state index contributed by atoms with van der Waals surface area (Å²) in [6.45, 7) is 9.83. The van der Waals surface area contributed by atoms with Crippen LogP contribution in [-0.4, -0.2) is 21.1 Å². The second-order valence-corrected chi connectivity index (χ2v) is 5.64. The number of carbonyl (C=O) groups is 1. The van der Waals surface area contributed by atoms with E-state index in [2.05, 4.69) is 11.6 Å². The highest BCUT2D eigenvalue weighted by Gasteiger charge is 2.29. The smallest absolute Gasteiger partial charge is 0.357 e. The highest BCUT2D eigenvalue weighted by atomic mass is 16.6. The Balaban J connectivity index is 2.27. The van der Waals surface area contributed by atoms with Crippen molar-refractivity contribution >= 4 is 5.97 Å². The Hall–Kier alpha value is -2.36. The van der Waals surface area contributed by atoms with Crippen LogP contribution in [0.25, 0.3) is 0 Å². The van der Waals surface area contributed by atoms with Gasteiger partial charge in [-0.3, -0.25) is 0 Å². The number of rotatable bonds is 7. The van der Waals surface area contributed by atoms with Crippen LogP contribution in [0.3, 0.4) is 0 Å². The first kappa shape index (κ1) is 17.0. The van der Waals surface area contributed by atoms with Crippen LogP contribution < -0.4 is 0 Å². The normalized spacial score (nSPS) is 12.7. The standard InChI is InChI=1S/C19H24N2O2/c1-5-19(6-2,7-3)23-18(22)17-13-20-14-21(17)15(4)16-11-9-8-10-12-16/h5,8-15H,1,6-7H2,2-4H3/t15-/m1/s1. The molecule has 4 nitrogen and oxygen atoms in total. The number of hydrogen-bond acceptors (Lipinski definition) is 3. The van der Waals surface area contributed by atoms with Crippen LogP contribution in [0.5, 0.6) is 0 Å². The Kier molecular flexibility index (Phi) is 5.37. The number of hydrogen-bond donors (Lipinski definition) is 0. The minimum absolute atomic E-state index is 0.00244. The molecular weight excluding hydrogens is 288 g/mol. The molecule has 2 rings (SSSR count). The first-order valence-corrected chi connectivity index (χ1v) is 8.00. The van der Waals surface area contributed by atoms with Crippen molar-refractivity contribution in [3.05, 3.63) is 66.8 Å². The number of aromatic nitrogens is 2. The molecule has 0 amide bonds. The molecule has 1 aromatic heterocycles. The maximum atomic E-state index is 12.6. The third kappa shape index (κ3) is 3.52. The third-order valence-corrected chi connectivity index (χ3v) is 4.44. The van der Waals surface area contributed by atoms with Gasteiger partial charge in [-0.25, -0.2) is 9.78 Å². The lowest BCUT2D eigenvalue weighted by atomic mass is 9.97. The van der Waals surface area contributed by atoms with Crippen LogP contribution in [0.4, 0.5) is 0 Å². The van der Waals surface area contributed by atoms with E-state index in [1.165, 1.54) is 0 Å². The van der Waals surface area contributed by atoms with Gasteiger partial charge in [-0.05, 0) is 31.4 Å². The van der Waals surface area contributed by atoms with Crippen molar-refractivity contribution in [3.8, 4) is 0 Å². The number of carbonyl (C=O) groups excluding carboxylic acids is 1. The third-order valence-electron chi connectivity index (χ3n) is 4.44. The molecule has 1 heterocycles. The molecule has 0 bridgehead atoms. The molecule has 23 heavy (non-hydrogen) atoms. The molecule has 1 atom stereocenters. The molecule has 0 saturated heterocycles. The fourth-order valence-corrected chi connectivity index (χ4v) is 2.63. The summed E-state index contributed by atoms with van der Waals surface area (Å²) >= 11 is 0. The first-order valence-electron chi connectivity index (χ1n) is 8.00. The van der Waals surface area contributed by atoms with Gasteiger partial charge in [0, 0.05) is 0 Å². The number of nitrogens with zero attached hydrogens (tertiary/aromatic N) is 2. The quantitative estimate of drug-likeness (QED) is 0.562. The molecule has 122 valence electrons. The molecule has 4 heteroatoms. The zero-order valence-electron chi connectivity index (χ0n) is 14.0. The fourth-order valence-electron chi connectivity index (χ4n) is 2.63. The largest absolute Gasteiger partial charge is 0.450 e. The van der Waals surface area contributed by atoms with Gasteiger partial charge in [0.05, 0.1) is 18.6 Å². The first-order chi connectivity index (χ1) is 11.1. The predicted molar refractivity (Wildman–Crippen MR) is 91.4 cm³/mol. The van der Waals surface area contributed by atoms with Crippen molar-refractivity contribution in [2.45, 2.75) is 45.3 Å². The van der Waals surface area contributed by atoms with E-state index in [1.807, 2.05) is 55.7 Å². The number of ether oxygens (including phenoxy) is 1. The summed E-state index contributed by atoms with van der Waals surface area (Å²) in [5, 5.41) is 0. The summed E-state index contributed by atoms with van der Waals surface area (Å²) in [7, 11) is 0. The molecule has 0 spiro atoms. The molecule has 1 aromatic carbocycles. The van der Waals surface area contributed by atoms with Crippen LogP contribution >= 0.6 is 0 Å². The summed E-state index contributed by atoms with van der Waals surface area (Å²) in [6.07, 6.45) is 6.33. The lowest BCUT2D eigenvalue weighted by Crippen LogP contribution is -2.32. The van der Waals surface area contributed by atoms with E-state index < -0.39 is 5.60 Å². The molecule has 0 N–H and O–H groups in total. The summed E-state index contributed by atoms with van der Waals surface area (Å²) in [5.74, 6) is -0.367. The van der Waals surface area contributed by atoms with Gasteiger partial charge in [0.1, 0.15) is 11.3 Å². The number of benzene rings is 1. The SMILES string of the molecule is C=CC(CC)(CC)OC(=O)c1cncn1[C@H](C)c1ccccc1. The maximum absolute atomic E-state index is 12.6. The van der Waals surface area contributed by atoms with Gasteiger partial charge in [0.25, 0.3) is 0 Å². The summed E-state index contributed by atoms with van der Waals surface area (Å²) < 4.78 is 7.58. The van der Waals surface area contributed by atoms with E-state index in [1.54, 1.807) is 18.6 Å². The van der Waals surface area contributed by atoms with Crippen molar-refractivity contribution in [3.63, 3.8) is 0 Å². The number of esters is 1. The van der Waals surface area contributed by atoms with Crippen LogP contribution in [0.1, 0.15) is 55.7 Å². The minimum Gasteiger partial charge on any atom is -0.450 e. The van der Waals surface area contributed by atoms with Gasteiger partial charge in [-0.15, -0.1) is 0 Å². The fraction of sp³-hybridized carbons (Fsp3) is 0.368. The minimum atomic E-state index is -0.623.